The average molecular weight is 444 g/mol. The van der Waals surface area contributed by atoms with Crippen LogP contribution in [0.3, 0.4) is 0 Å². The molecule has 166 valence electrons. The van der Waals surface area contributed by atoms with E-state index in [0.717, 1.165) is 45.6 Å². The number of hydrogen-bond donors (Lipinski definition) is 0. The number of nitrogens with zero attached hydrogens (tertiary/aromatic N) is 5. The van der Waals surface area contributed by atoms with Crippen LogP contribution in [0.15, 0.2) is 97.6 Å². The van der Waals surface area contributed by atoms with Gasteiger partial charge >= 0.3 is 0 Å². The number of aromatic nitrogens is 5. The minimum Gasteiger partial charge on any atom is -0.265 e. The van der Waals surface area contributed by atoms with E-state index in [1.165, 1.54) is 0 Å². The molecule has 34 heavy (non-hydrogen) atoms. The fourth-order valence-electron chi connectivity index (χ4n) is 3.82. The van der Waals surface area contributed by atoms with E-state index in [2.05, 4.69) is 60.2 Å². The summed E-state index contributed by atoms with van der Waals surface area (Å²) in [5.41, 5.74) is 6.36. The maximum atomic E-state index is 4.91. The van der Waals surface area contributed by atoms with E-state index in [-0.39, 0.29) is 5.92 Å². The third kappa shape index (κ3) is 4.59. The van der Waals surface area contributed by atoms with Crippen molar-refractivity contribution in [2.45, 2.75) is 26.2 Å². The van der Waals surface area contributed by atoms with Gasteiger partial charge in [0, 0.05) is 41.8 Å². The van der Waals surface area contributed by atoms with E-state index >= 15 is 0 Å². The minimum atomic E-state index is 0.229. The molecule has 0 aliphatic heterocycles. The molecule has 5 nitrogen and oxygen atoms in total. The lowest BCUT2D eigenvalue weighted by atomic mass is 10.0. The second-order valence-electron chi connectivity index (χ2n) is 8.28. The highest BCUT2D eigenvalue weighted by Crippen LogP contribution is 2.29. The second-order valence-corrected chi connectivity index (χ2v) is 8.28. The van der Waals surface area contributed by atoms with Crippen molar-refractivity contribution in [1.82, 2.24) is 24.9 Å². The molecule has 5 heteroatoms. The molecule has 1 unspecified atom stereocenters. The third-order valence-electron chi connectivity index (χ3n) is 5.97. The summed E-state index contributed by atoms with van der Waals surface area (Å²) < 4.78 is 0. The van der Waals surface area contributed by atoms with E-state index in [0.29, 0.717) is 11.6 Å². The predicted molar refractivity (Wildman–Crippen MR) is 136 cm³/mol. The van der Waals surface area contributed by atoms with Gasteiger partial charge in [-0.1, -0.05) is 50.2 Å². The van der Waals surface area contributed by atoms with E-state index in [4.69, 9.17) is 15.0 Å². The molecule has 0 saturated heterocycles. The van der Waals surface area contributed by atoms with Crippen LogP contribution in [0.25, 0.3) is 45.0 Å². The normalized spacial score (nSPS) is 11.8. The Morgan fingerprint density at radius 1 is 0.559 bits per heavy atom. The zero-order valence-corrected chi connectivity index (χ0v) is 19.3. The lowest BCUT2D eigenvalue weighted by Gasteiger charge is -2.13. The number of rotatable bonds is 6. The van der Waals surface area contributed by atoms with E-state index in [1.807, 2.05) is 36.4 Å². The molecule has 0 radical (unpaired) electrons. The highest BCUT2D eigenvalue weighted by Gasteiger charge is 2.15. The largest absolute Gasteiger partial charge is 0.265 e. The molecule has 0 fully saturated rings. The molecule has 0 amide bonds. The molecule has 3 aromatic heterocycles. The Morgan fingerprint density at radius 2 is 1.00 bits per heavy atom. The first-order valence-corrected chi connectivity index (χ1v) is 11.5. The second kappa shape index (κ2) is 9.71. The first-order chi connectivity index (χ1) is 16.7. The SMILES string of the molecule is CCC(C)c1nc(-c2cccc(-c3ccncc3)c2)nc(-c2cccc(-c3ccncc3)c2)n1. The van der Waals surface area contributed by atoms with Crippen LogP contribution < -0.4 is 0 Å². The molecule has 3 heterocycles. The average Bonchev–Trinajstić information content (AvgIpc) is 2.93. The summed E-state index contributed by atoms with van der Waals surface area (Å²) in [6.07, 6.45) is 8.18. The standard InChI is InChI=1S/C29H25N5/c1-3-20(2)27-32-28(25-8-4-6-23(18-25)21-10-14-30-15-11-21)34-29(33-27)26-9-5-7-24(19-26)22-12-16-31-17-13-22/h4-20H,3H2,1-2H3. The van der Waals surface area contributed by atoms with Gasteiger partial charge in [-0.25, -0.2) is 15.0 Å². The summed E-state index contributed by atoms with van der Waals surface area (Å²) in [5, 5.41) is 0. The summed E-state index contributed by atoms with van der Waals surface area (Å²) in [6.45, 7) is 4.31. The van der Waals surface area contributed by atoms with E-state index in [9.17, 15) is 0 Å². The molecule has 0 aliphatic rings. The fourth-order valence-corrected chi connectivity index (χ4v) is 3.82. The molecular formula is C29H25N5. The van der Waals surface area contributed by atoms with Crippen LogP contribution in [-0.2, 0) is 0 Å². The molecule has 0 saturated carbocycles. The molecule has 5 aromatic rings. The Kier molecular flexibility index (Phi) is 6.17. The van der Waals surface area contributed by atoms with Crippen molar-refractivity contribution in [1.29, 1.82) is 0 Å². The summed E-state index contributed by atoms with van der Waals surface area (Å²) in [7, 11) is 0. The molecule has 2 aromatic carbocycles. The Morgan fingerprint density at radius 3 is 1.44 bits per heavy atom. The minimum absolute atomic E-state index is 0.229. The molecule has 0 N–H and O–H groups in total. The van der Waals surface area contributed by atoms with Crippen LogP contribution in [-0.4, -0.2) is 24.9 Å². The van der Waals surface area contributed by atoms with E-state index in [1.54, 1.807) is 24.8 Å². The van der Waals surface area contributed by atoms with Gasteiger partial charge in [-0.2, -0.15) is 0 Å². The van der Waals surface area contributed by atoms with Crippen molar-refractivity contribution in [3.05, 3.63) is 103 Å². The summed E-state index contributed by atoms with van der Waals surface area (Å²) >= 11 is 0. The van der Waals surface area contributed by atoms with Gasteiger partial charge < -0.3 is 0 Å². The lowest BCUT2D eigenvalue weighted by molar-refractivity contribution is 0.675. The van der Waals surface area contributed by atoms with Gasteiger partial charge in [-0.3, -0.25) is 9.97 Å². The Hall–Kier alpha value is -4.25. The maximum Gasteiger partial charge on any atom is 0.163 e. The Labute approximate surface area is 199 Å². The van der Waals surface area contributed by atoms with Gasteiger partial charge in [0.25, 0.3) is 0 Å². The first kappa shape index (κ1) is 21.6. The van der Waals surface area contributed by atoms with Crippen molar-refractivity contribution in [3.8, 4) is 45.0 Å². The topological polar surface area (TPSA) is 64.5 Å². The quantitative estimate of drug-likeness (QED) is 0.287. The van der Waals surface area contributed by atoms with Crippen molar-refractivity contribution >= 4 is 0 Å². The van der Waals surface area contributed by atoms with Crippen LogP contribution >= 0.6 is 0 Å². The highest BCUT2D eigenvalue weighted by atomic mass is 15.0. The Balaban J connectivity index is 1.61. The molecule has 5 rings (SSSR count). The van der Waals surface area contributed by atoms with Crippen molar-refractivity contribution in [3.63, 3.8) is 0 Å². The van der Waals surface area contributed by atoms with Crippen molar-refractivity contribution in [2.24, 2.45) is 0 Å². The van der Waals surface area contributed by atoms with Crippen molar-refractivity contribution < 1.29 is 0 Å². The number of benzene rings is 2. The van der Waals surface area contributed by atoms with Gasteiger partial charge in [0.2, 0.25) is 0 Å². The van der Waals surface area contributed by atoms with Gasteiger partial charge in [0.15, 0.2) is 11.6 Å². The smallest absolute Gasteiger partial charge is 0.163 e. The van der Waals surface area contributed by atoms with Gasteiger partial charge in [-0.15, -0.1) is 0 Å². The zero-order valence-electron chi connectivity index (χ0n) is 19.3. The molecular weight excluding hydrogens is 418 g/mol. The Bertz CT molecular complexity index is 1300. The van der Waals surface area contributed by atoms with Crippen molar-refractivity contribution in [2.75, 3.05) is 0 Å². The number of pyridine rings is 2. The van der Waals surface area contributed by atoms with Crippen LogP contribution in [0.2, 0.25) is 0 Å². The van der Waals surface area contributed by atoms with Crippen LogP contribution in [0, 0.1) is 0 Å². The first-order valence-electron chi connectivity index (χ1n) is 11.5. The summed E-state index contributed by atoms with van der Waals surface area (Å²) in [4.78, 5) is 22.9. The third-order valence-corrected chi connectivity index (χ3v) is 5.97. The monoisotopic (exact) mass is 443 g/mol. The van der Waals surface area contributed by atoms with Gasteiger partial charge in [0.05, 0.1) is 0 Å². The molecule has 1 atom stereocenters. The summed E-state index contributed by atoms with van der Waals surface area (Å²) in [5.74, 6) is 2.41. The lowest BCUT2D eigenvalue weighted by Crippen LogP contribution is -2.06. The van der Waals surface area contributed by atoms with Crippen LogP contribution in [0.4, 0.5) is 0 Å². The molecule has 0 aliphatic carbocycles. The van der Waals surface area contributed by atoms with E-state index < -0.39 is 0 Å². The predicted octanol–water partition coefficient (Wildman–Crippen LogP) is 6.84. The van der Waals surface area contributed by atoms with Gasteiger partial charge in [-0.05, 0) is 65.1 Å². The highest BCUT2D eigenvalue weighted by molar-refractivity contribution is 5.72. The molecule has 0 bridgehead atoms. The summed E-state index contributed by atoms with van der Waals surface area (Å²) in [6, 6.07) is 24.7. The fraction of sp³-hybridized carbons (Fsp3) is 0.138. The van der Waals surface area contributed by atoms with Gasteiger partial charge in [0.1, 0.15) is 5.82 Å². The zero-order chi connectivity index (χ0) is 23.3. The maximum absolute atomic E-state index is 4.91. The van der Waals surface area contributed by atoms with Crippen LogP contribution in [0.5, 0.6) is 0 Å². The van der Waals surface area contributed by atoms with Crippen LogP contribution in [0.1, 0.15) is 32.0 Å². The molecule has 0 spiro atoms. The number of hydrogen-bond acceptors (Lipinski definition) is 5.